The summed E-state index contributed by atoms with van der Waals surface area (Å²) in [5, 5.41) is 9.44. The number of benzene rings is 1. The van der Waals surface area contributed by atoms with Crippen molar-refractivity contribution in [3.8, 4) is 5.75 Å². The molecule has 1 N–H and O–H groups in total. The number of rotatable bonds is 4. The summed E-state index contributed by atoms with van der Waals surface area (Å²) in [7, 11) is -3.92. The lowest BCUT2D eigenvalue weighted by molar-refractivity contribution is 0.475. The van der Waals surface area contributed by atoms with Crippen LogP contribution in [0.4, 0.5) is 10.1 Å². The van der Waals surface area contributed by atoms with Crippen LogP contribution < -0.4 is 4.31 Å². The summed E-state index contributed by atoms with van der Waals surface area (Å²) in [4.78, 5) is 3.31. The van der Waals surface area contributed by atoms with Gasteiger partial charge in [-0.15, -0.1) is 0 Å². The Balaban J connectivity index is 2.50. The summed E-state index contributed by atoms with van der Waals surface area (Å²) < 4.78 is 39.1. The fraction of sp³-hybridized carbons (Fsp3) is 0.154. The normalized spacial score (nSPS) is 11.3. The molecule has 0 spiro atoms. The van der Waals surface area contributed by atoms with Gasteiger partial charge in [0.15, 0.2) is 0 Å². The molecule has 0 aliphatic carbocycles. The number of hydrogen-bond donors (Lipinski definition) is 1. The Bertz CT molecular complexity index is 719. The maximum Gasteiger partial charge on any atom is 0.265 e. The van der Waals surface area contributed by atoms with Crippen LogP contribution in [0.15, 0.2) is 47.6 Å². The van der Waals surface area contributed by atoms with E-state index in [2.05, 4.69) is 4.98 Å². The largest absolute Gasteiger partial charge is 0.508 e. The Hall–Kier alpha value is -2.15. The second kappa shape index (κ2) is 5.46. The van der Waals surface area contributed by atoms with Gasteiger partial charge in [0.2, 0.25) is 0 Å². The summed E-state index contributed by atoms with van der Waals surface area (Å²) >= 11 is 0. The molecule has 0 saturated heterocycles. The molecule has 0 atom stereocenters. The van der Waals surface area contributed by atoms with Crippen LogP contribution in [0.5, 0.6) is 5.75 Å². The molecule has 1 aromatic carbocycles. The number of aromatic nitrogens is 1. The maximum absolute atomic E-state index is 13.1. The Morgan fingerprint density at radius 2 is 2.05 bits per heavy atom. The maximum atomic E-state index is 13.1. The van der Waals surface area contributed by atoms with Crippen molar-refractivity contribution in [1.29, 1.82) is 0 Å². The van der Waals surface area contributed by atoms with E-state index in [9.17, 15) is 17.9 Å². The zero-order chi connectivity index (χ0) is 14.8. The molecule has 0 radical (unpaired) electrons. The summed E-state index contributed by atoms with van der Waals surface area (Å²) in [5.41, 5.74) is 0.303. The predicted molar refractivity (Wildman–Crippen MR) is 72.5 cm³/mol. The van der Waals surface area contributed by atoms with Gasteiger partial charge in [-0.25, -0.2) is 12.8 Å². The molecule has 0 saturated carbocycles. The highest BCUT2D eigenvalue weighted by Gasteiger charge is 2.24. The van der Waals surface area contributed by atoms with Crippen molar-refractivity contribution in [1.82, 2.24) is 4.98 Å². The summed E-state index contributed by atoms with van der Waals surface area (Å²) in [6.07, 6.45) is 2.02. The zero-order valence-electron chi connectivity index (χ0n) is 10.7. The number of phenolic OH excluding ortho intramolecular Hbond substituents is 1. The quantitative estimate of drug-likeness (QED) is 0.938. The van der Waals surface area contributed by atoms with Crippen molar-refractivity contribution in [2.45, 2.75) is 11.8 Å². The third-order valence-corrected chi connectivity index (χ3v) is 4.54. The van der Waals surface area contributed by atoms with Gasteiger partial charge in [0.05, 0.1) is 11.9 Å². The van der Waals surface area contributed by atoms with Crippen molar-refractivity contribution in [2.24, 2.45) is 0 Å². The Morgan fingerprint density at radius 1 is 1.30 bits per heavy atom. The third kappa shape index (κ3) is 2.72. The molecule has 0 amide bonds. The fourth-order valence-electron chi connectivity index (χ4n) is 1.80. The smallest absolute Gasteiger partial charge is 0.265 e. The van der Waals surface area contributed by atoms with Crippen molar-refractivity contribution in [3.05, 3.63) is 48.5 Å². The number of phenols is 1. The van der Waals surface area contributed by atoms with Crippen molar-refractivity contribution in [3.63, 3.8) is 0 Å². The van der Waals surface area contributed by atoms with E-state index in [-0.39, 0.29) is 17.2 Å². The number of halogens is 1. The highest BCUT2D eigenvalue weighted by Crippen LogP contribution is 2.26. The fourth-order valence-corrected chi connectivity index (χ4v) is 3.24. The van der Waals surface area contributed by atoms with E-state index in [1.165, 1.54) is 18.2 Å². The van der Waals surface area contributed by atoms with Gasteiger partial charge in [-0.1, -0.05) is 6.07 Å². The van der Waals surface area contributed by atoms with Gasteiger partial charge in [-0.3, -0.25) is 9.29 Å². The van der Waals surface area contributed by atoms with Crippen LogP contribution >= 0.6 is 0 Å². The molecule has 0 bridgehead atoms. The van der Waals surface area contributed by atoms with Gasteiger partial charge in [0, 0.05) is 18.8 Å². The summed E-state index contributed by atoms with van der Waals surface area (Å²) in [6.45, 7) is 1.79. The molecular weight excluding hydrogens is 283 g/mol. The third-order valence-electron chi connectivity index (χ3n) is 2.67. The van der Waals surface area contributed by atoms with Crippen LogP contribution in [-0.2, 0) is 10.0 Å². The molecular formula is C13H13FN2O3S. The van der Waals surface area contributed by atoms with E-state index in [0.29, 0.717) is 5.69 Å². The minimum Gasteiger partial charge on any atom is -0.508 e. The van der Waals surface area contributed by atoms with Gasteiger partial charge < -0.3 is 5.11 Å². The second-order valence-corrected chi connectivity index (χ2v) is 5.89. The molecule has 0 aliphatic rings. The van der Waals surface area contributed by atoms with Gasteiger partial charge in [-0.05, 0) is 25.1 Å². The first-order chi connectivity index (χ1) is 9.45. The van der Waals surface area contributed by atoms with Crippen LogP contribution in [0.3, 0.4) is 0 Å². The molecule has 5 nitrogen and oxygen atoms in total. The molecule has 0 aliphatic heterocycles. The number of pyridine rings is 1. The van der Waals surface area contributed by atoms with Crippen LogP contribution in [-0.4, -0.2) is 25.1 Å². The highest BCUT2D eigenvalue weighted by molar-refractivity contribution is 7.92. The van der Waals surface area contributed by atoms with Gasteiger partial charge >= 0.3 is 0 Å². The van der Waals surface area contributed by atoms with E-state index < -0.39 is 15.8 Å². The van der Waals surface area contributed by atoms with Crippen molar-refractivity contribution < 1.29 is 17.9 Å². The average Bonchev–Trinajstić information content (AvgIpc) is 2.39. The summed E-state index contributed by atoms with van der Waals surface area (Å²) in [6, 6.07) is 6.76. The Morgan fingerprint density at radius 3 is 2.65 bits per heavy atom. The van der Waals surface area contributed by atoms with Crippen LogP contribution in [0.1, 0.15) is 6.92 Å². The molecule has 0 unspecified atom stereocenters. The lowest BCUT2D eigenvalue weighted by Gasteiger charge is -2.22. The highest BCUT2D eigenvalue weighted by atomic mass is 32.2. The van der Waals surface area contributed by atoms with E-state index in [0.717, 1.165) is 22.8 Å². The predicted octanol–water partition coefficient (Wildman–Crippen LogP) is 2.14. The van der Waals surface area contributed by atoms with E-state index in [1.54, 1.807) is 13.0 Å². The number of nitrogens with zero attached hydrogens (tertiary/aromatic N) is 2. The molecule has 20 heavy (non-hydrogen) atoms. The van der Waals surface area contributed by atoms with Gasteiger partial charge in [-0.2, -0.15) is 0 Å². The number of aromatic hydroxyl groups is 1. The molecule has 106 valence electrons. The van der Waals surface area contributed by atoms with E-state index in [1.807, 2.05) is 0 Å². The molecule has 2 rings (SSSR count). The van der Waals surface area contributed by atoms with Gasteiger partial charge in [0.25, 0.3) is 10.0 Å². The lowest BCUT2D eigenvalue weighted by atomic mass is 10.3. The van der Waals surface area contributed by atoms with Crippen molar-refractivity contribution >= 4 is 15.7 Å². The topological polar surface area (TPSA) is 70.5 Å². The van der Waals surface area contributed by atoms with Crippen LogP contribution in [0.2, 0.25) is 0 Å². The van der Waals surface area contributed by atoms with E-state index in [4.69, 9.17) is 0 Å². The van der Waals surface area contributed by atoms with Crippen molar-refractivity contribution in [2.75, 3.05) is 10.8 Å². The molecule has 2 aromatic rings. The number of anilines is 1. The van der Waals surface area contributed by atoms with Crippen LogP contribution in [0, 0.1) is 5.82 Å². The van der Waals surface area contributed by atoms with E-state index >= 15 is 0 Å². The zero-order valence-corrected chi connectivity index (χ0v) is 11.5. The first-order valence-electron chi connectivity index (χ1n) is 5.87. The SMILES string of the molecule is CCN(c1cccc(O)c1)S(=O)(=O)c1cncc(F)c1. The molecule has 1 heterocycles. The Labute approximate surface area is 116 Å². The van der Waals surface area contributed by atoms with Crippen LogP contribution in [0.25, 0.3) is 0 Å². The Kier molecular flexibility index (Phi) is 3.89. The first kappa shape index (κ1) is 14.3. The molecule has 1 aromatic heterocycles. The number of sulfonamides is 1. The van der Waals surface area contributed by atoms with Gasteiger partial charge in [0.1, 0.15) is 16.5 Å². The monoisotopic (exact) mass is 296 g/mol. The first-order valence-corrected chi connectivity index (χ1v) is 7.31. The molecule has 0 fully saturated rings. The molecule has 7 heteroatoms. The number of hydrogen-bond acceptors (Lipinski definition) is 4. The summed E-state index contributed by atoms with van der Waals surface area (Å²) in [5.74, 6) is -0.772. The second-order valence-electron chi connectivity index (χ2n) is 4.03. The standard InChI is InChI=1S/C13H13FN2O3S/c1-2-16(11-4-3-5-12(17)7-11)20(18,19)13-6-10(14)8-15-9-13/h3-9,17H,2H2,1H3. The average molecular weight is 296 g/mol. The lowest BCUT2D eigenvalue weighted by Crippen LogP contribution is -2.30. The minimum atomic E-state index is -3.92. The minimum absolute atomic E-state index is 0.0477.